The molecule has 1 aliphatic rings. The average molecular weight is 277 g/mol. The quantitative estimate of drug-likeness (QED) is 0.913. The van der Waals surface area contributed by atoms with E-state index in [0.717, 1.165) is 41.0 Å². The minimum atomic E-state index is -0.764. The Morgan fingerprint density at radius 2 is 2.32 bits per heavy atom. The molecule has 3 heterocycles. The lowest BCUT2D eigenvalue weighted by Crippen LogP contribution is -2.45. The predicted molar refractivity (Wildman–Crippen MR) is 74.8 cm³/mol. The summed E-state index contributed by atoms with van der Waals surface area (Å²) in [5.41, 5.74) is 2.05. The number of nitrogens with zero attached hydrogens (tertiary/aromatic N) is 3. The van der Waals surface area contributed by atoms with Crippen molar-refractivity contribution in [2.24, 2.45) is 0 Å². The molecule has 0 amide bonds. The Kier molecular flexibility index (Phi) is 3.10. The third kappa shape index (κ3) is 2.06. The zero-order valence-electron chi connectivity index (χ0n) is 10.7. The van der Waals surface area contributed by atoms with Crippen molar-refractivity contribution in [2.45, 2.75) is 32.2 Å². The molecule has 0 bridgehead atoms. The lowest BCUT2D eigenvalue weighted by Gasteiger charge is -2.33. The second-order valence-corrected chi connectivity index (χ2v) is 5.72. The Hall–Kier alpha value is -1.69. The molecule has 100 valence electrons. The van der Waals surface area contributed by atoms with Crippen LogP contribution in [0.1, 0.15) is 24.8 Å². The summed E-state index contributed by atoms with van der Waals surface area (Å²) in [5, 5.41) is 11.4. The normalized spacial score (nSPS) is 19.8. The highest BCUT2D eigenvalue weighted by atomic mass is 32.1. The van der Waals surface area contributed by atoms with Crippen LogP contribution in [0.3, 0.4) is 0 Å². The number of aliphatic carboxylic acids is 1. The number of carbonyl (C=O) groups is 1. The van der Waals surface area contributed by atoms with Gasteiger partial charge < -0.3 is 10.0 Å². The highest BCUT2D eigenvalue weighted by Gasteiger charge is 2.30. The number of piperidine rings is 1. The van der Waals surface area contributed by atoms with Gasteiger partial charge in [0, 0.05) is 6.54 Å². The third-order valence-corrected chi connectivity index (χ3v) is 4.66. The predicted octanol–water partition coefficient (Wildman–Crippen LogP) is 2.44. The zero-order chi connectivity index (χ0) is 13.4. The molecule has 0 aliphatic carbocycles. The van der Waals surface area contributed by atoms with E-state index in [0.29, 0.717) is 6.42 Å². The van der Waals surface area contributed by atoms with Gasteiger partial charge in [0.05, 0.1) is 10.2 Å². The largest absolute Gasteiger partial charge is 0.480 e. The van der Waals surface area contributed by atoms with E-state index in [-0.39, 0.29) is 0 Å². The summed E-state index contributed by atoms with van der Waals surface area (Å²) in [5.74, 6) is 0.00920. The van der Waals surface area contributed by atoms with Crippen molar-refractivity contribution in [3.05, 3.63) is 17.3 Å². The van der Waals surface area contributed by atoms with Gasteiger partial charge >= 0.3 is 5.97 Å². The zero-order valence-corrected chi connectivity index (χ0v) is 11.5. The monoisotopic (exact) mass is 277 g/mol. The van der Waals surface area contributed by atoms with Gasteiger partial charge in [-0.3, -0.25) is 0 Å². The molecule has 0 saturated carbocycles. The van der Waals surface area contributed by atoms with E-state index in [2.05, 4.69) is 9.97 Å². The van der Waals surface area contributed by atoms with Crippen LogP contribution in [0.15, 0.2) is 11.7 Å². The van der Waals surface area contributed by atoms with Gasteiger partial charge in [-0.2, -0.15) is 0 Å². The number of hydrogen-bond donors (Lipinski definition) is 1. The maximum atomic E-state index is 11.4. The molecule has 2 aromatic heterocycles. The third-order valence-electron chi connectivity index (χ3n) is 3.57. The smallest absolute Gasteiger partial charge is 0.326 e. The van der Waals surface area contributed by atoms with Crippen molar-refractivity contribution >= 4 is 33.3 Å². The molecule has 1 fully saturated rings. The van der Waals surface area contributed by atoms with Gasteiger partial charge in [0.1, 0.15) is 12.4 Å². The molecule has 3 rings (SSSR count). The highest BCUT2D eigenvalue weighted by Crippen LogP contribution is 2.33. The van der Waals surface area contributed by atoms with Crippen LogP contribution in [0.5, 0.6) is 0 Å². The minimum absolute atomic E-state index is 0.464. The van der Waals surface area contributed by atoms with Crippen LogP contribution in [0.2, 0.25) is 0 Å². The molecule has 6 heteroatoms. The molecule has 1 saturated heterocycles. The summed E-state index contributed by atoms with van der Waals surface area (Å²) in [6.07, 6.45) is 4.20. The van der Waals surface area contributed by atoms with Gasteiger partial charge in [-0.15, -0.1) is 11.3 Å². The van der Waals surface area contributed by atoms with E-state index in [1.54, 1.807) is 11.3 Å². The molecule has 0 radical (unpaired) electrons. The Balaban J connectivity index is 2.09. The number of carboxylic acid groups (broad SMARTS) is 1. The van der Waals surface area contributed by atoms with Gasteiger partial charge in [-0.05, 0) is 37.1 Å². The second kappa shape index (κ2) is 4.77. The van der Waals surface area contributed by atoms with Crippen molar-refractivity contribution in [3.8, 4) is 0 Å². The van der Waals surface area contributed by atoms with Crippen LogP contribution in [0.4, 0.5) is 5.82 Å². The van der Waals surface area contributed by atoms with E-state index < -0.39 is 12.0 Å². The fraction of sp³-hybridized carbons (Fsp3) is 0.462. The molecular formula is C13H15N3O2S. The fourth-order valence-corrected chi connectivity index (χ4v) is 3.61. The van der Waals surface area contributed by atoms with E-state index in [1.165, 1.54) is 6.33 Å². The summed E-state index contributed by atoms with van der Waals surface area (Å²) in [6.45, 7) is 2.76. The molecule has 1 atom stereocenters. The molecular weight excluding hydrogens is 262 g/mol. The molecule has 0 aromatic carbocycles. The topological polar surface area (TPSA) is 66.3 Å². The lowest BCUT2D eigenvalue weighted by atomic mass is 10.0. The maximum Gasteiger partial charge on any atom is 0.326 e. The van der Waals surface area contributed by atoms with Crippen LogP contribution in [0, 0.1) is 6.92 Å². The number of fused-ring (bicyclic) bond motifs is 1. The Labute approximate surface area is 114 Å². The van der Waals surface area contributed by atoms with Crippen molar-refractivity contribution in [1.82, 2.24) is 9.97 Å². The van der Waals surface area contributed by atoms with Gasteiger partial charge in [0.15, 0.2) is 5.82 Å². The highest BCUT2D eigenvalue weighted by molar-refractivity contribution is 7.18. The first kappa shape index (κ1) is 12.3. The minimum Gasteiger partial charge on any atom is -0.480 e. The number of thiophene rings is 1. The number of aromatic nitrogens is 2. The summed E-state index contributed by atoms with van der Waals surface area (Å²) in [6, 6.07) is -0.464. The second-order valence-electron chi connectivity index (χ2n) is 4.84. The molecule has 19 heavy (non-hydrogen) atoms. The van der Waals surface area contributed by atoms with E-state index in [4.69, 9.17) is 0 Å². The van der Waals surface area contributed by atoms with E-state index in [1.807, 2.05) is 17.2 Å². The summed E-state index contributed by atoms with van der Waals surface area (Å²) in [7, 11) is 0. The summed E-state index contributed by atoms with van der Waals surface area (Å²) < 4.78 is 0.994. The molecule has 5 nitrogen and oxygen atoms in total. The standard InChI is InChI=1S/C13H15N3O2S/c1-8-6-19-11-10(8)14-7-15-12(11)16-5-3-2-4-9(16)13(17)18/h6-7,9H,2-5H2,1H3,(H,17,18). The number of rotatable bonds is 2. The first-order valence-corrected chi connectivity index (χ1v) is 7.24. The van der Waals surface area contributed by atoms with Gasteiger partial charge in [0.2, 0.25) is 0 Å². The number of hydrogen-bond acceptors (Lipinski definition) is 5. The maximum absolute atomic E-state index is 11.4. The summed E-state index contributed by atoms with van der Waals surface area (Å²) in [4.78, 5) is 21.9. The lowest BCUT2D eigenvalue weighted by molar-refractivity contribution is -0.139. The van der Waals surface area contributed by atoms with Gasteiger partial charge in [0.25, 0.3) is 0 Å². The molecule has 1 unspecified atom stereocenters. The number of anilines is 1. The molecule has 2 aromatic rings. The first-order chi connectivity index (χ1) is 9.18. The van der Waals surface area contributed by atoms with Gasteiger partial charge in [-0.25, -0.2) is 14.8 Å². The fourth-order valence-electron chi connectivity index (χ4n) is 2.60. The van der Waals surface area contributed by atoms with E-state index in [9.17, 15) is 9.90 Å². The van der Waals surface area contributed by atoms with E-state index >= 15 is 0 Å². The Morgan fingerprint density at radius 3 is 3.11 bits per heavy atom. The van der Waals surface area contributed by atoms with Gasteiger partial charge in [-0.1, -0.05) is 0 Å². The average Bonchev–Trinajstić information content (AvgIpc) is 2.81. The van der Waals surface area contributed by atoms with Crippen molar-refractivity contribution < 1.29 is 9.90 Å². The SMILES string of the molecule is Cc1csc2c(N3CCCCC3C(=O)O)ncnc12. The van der Waals surface area contributed by atoms with Crippen LogP contribution < -0.4 is 4.90 Å². The van der Waals surface area contributed by atoms with Crippen molar-refractivity contribution in [1.29, 1.82) is 0 Å². The van der Waals surface area contributed by atoms with Crippen molar-refractivity contribution in [3.63, 3.8) is 0 Å². The first-order valence-electron chi connectivity index (χ1n) is 6.36. The van der Waals surface area contributed by atoms with Crippen LogP contribution in [0.25, 0.3) is 10.2 Å². The molecule has 1 aliphatic heterocycles. The molecule has 0 spiro atoms. The van der Waals surface area contributed by atoms with Crippen molar-refractivity contribution in [2.75, 3.05) is 11.4 Å². The molecule has 1 N–H and O–H groups in total. The Bertz CT molecular complexity index is 625. The number of carboxylic acids is 1. The Morgan fingerprint density at radius 1 is 1.47 bits per heavy atom. The van der Waals surface area contributed by atoms with Crippen LogP contribution in [-0.4, -0.2) is 33.6 Å². The van der Waals surface area contributed by atoms with Crippen LogP contribution >= 0.6 is 11.3 Å². The number of aryl methyl sites for hydroxylation is 1. The van der Waals surface area contributed by atoms with Crippen LogP contribution in [-0.2, 0) is 4.79 Å². The summed E-state index contributed by atoms with van der Waals surface area (Å²) >= 11 is 1.59.